The number of pyridine rings is 1. The van der Waals surface area contributed by atoms with Gasteiger partial charge < -0.3 is 19.4 Å². The van der Waals surface area contributed by atoms with Gasteiger partial charge in [0.2, 0.25) is 0 Å². The Labute approximate surface area is 149 Å². The molecule has 2 aromatic heterocycles. The Morgan fingerprint density at radius 2 is 2.08 bits per heavy atom. The Kier molecular flexibility index (Phi) is 4.77. The number of anilines is 1. The van der Waals surface area contributed by atoms with Crippen molar-refractivity contribution in [2.75, 3.05) is 24.6 Å². The highest BCUT2D eigenvalue weighted by Crippen LogP contribution is 2.47. The number of ether oxygens (including phenoxy) is 1. The predicted molar refractivity (Wildman–Crippen MR) is 97.6 cm³/mol. The first-order chi connectivity index (χ1) is 12.2. The number of nitrogens with one attached hydrogen (secondary N) is 1. The number of nitrogens with zero attached hydrogens (tertiary/aromatic N) is 2. The van der Waals surface area contributed by atoms with E-state index in [9.17, 15) is 0 Å². The van der Waals surface area contributed by atoms with Crippen LogP contribution in [0.2, 0.25) is 0 Å². The molecule has 3 heterocycles. The highest BCUT2D eigenvalue weighted by molar-refractivity contribution is 5.39. The minimum absolute atomic E-state index is 0.272. The first-order valence-corrected chi connectivity index (χ1v) is 9.30. The number of hydrogen-bond acceptors (Lipinski definition) is 5. The number of rotatable bonds is 6. The highest BCUT2D eigenvalue weighted by Gasteiger charge is 2.36. The molecule has 0 spiro atoms. The van der Waals surface area contributed by atoms with Gasteiger partial charge in [0.15, 0.2) is 0 Å². The van der Waals surface area contributed by atoms with Crippen molar-refractivity contribution in [3.63, 3.8) is 0 Å². The Balaban J connectivity index is 1.26. The third-order valence-corrected chi connectivity index (χ3v) is 5.16. The van der Waals surface area contributed by atoms with Crippen molar-refractivity contribution < 1.29 is 9.15 Å². The first-order valence-electron chi connectivity index (χ1n) is 9.30. The molecule has 1 aliphatic heterocycles. The normalized spacial score (nSPS) is 26.0. The van der Waals surface area contributed by atoms with Crippen molar-refractivity contribution in [1.29, 1.82) is 0 Å². The van der Waals surface area contributed by atoms with E-state index < -0.39 is 0 Å². The molecule has 5 heteroatoms. The lowest BCUT2D eigenvalue weighted by Gasteiger charge is -2.32. The van der Waals surface area contributed by atoms with Crippen molar-refractivity contribution in [3.8, 4) is 0 Å². The van der Waals surface area contributed by atoms with E-state index in [1.54, 1.807) is 0 Å². The summed E-state index contributed by atoms with van der Waals surface area (Å²) in [7, 11) is 0. The summed E-state index contributed by atoms with van der Waals surface area (Å²) in [5, 5.41) is 3.44. The minimum Gasteiger partial charge on any atom is -0.464 e. The summed E-state index contributed by atoms with van der Waals surface area (Å²) in [4.78, 5) is 6.90. The van der Waals surface area contributed by atoms with Crippen LogP contribution >= 0.6 is 0 Å². The van der Waals surface area contributed by atoms with Crippen molar-refractivity contribution in [1.82, 2.24) is 10.3 Å². The van der Waals surface area contributed by atoms with Crippen LogP contribution in [0.1, 0.15) is 43.3 Å². The van der Waals surface area contributed by atoms with Crippen LogP contribution in [0, 0.1) is 5.92 Å². The molecule has 134 valence electrons. The highest BCUT2D eigenvalue weighted by atomic mass is 16.5. The number of morpholine rings is 1. The molecule has 1 aliphatic carbocycles. The van der Waals surface area contributed by atoms with E-state index in [0.717, 1.165) is 56.0 Å². The zero-order chi connectivity index (χ0) is 17.2. The molecule has 1 saturated heterocycles. The summed E-state index contributed by atoms with van der Waals surface area (Å²) in [6.45, 7) is 8.53. The maximum absolute atomic E-state index is 5.93. The van der Waals surface area contributed by atoms with Gasteiger partial charge in [-0.05, 0) is 43.0 Å². The topological polar surface area (TPSA) is 50.5 Å². The van der Waals surface area contributed by atoms with Crippen LogP contribution < -0.4 is 10.2 Å². The molecule has 3 unspecified atom stereocenters. The van der Waals surface area contributed by atoms with Crippen LogP contribution in [0.25, 0.3) is 0 Å². The van der Waals surface area contributed by atoms with Crippen molar-refractivity contribution in [3.05, 3.63) is 47.5 Å². The largest absolute Gasteiger partial charge is 0.464 e. The monoisotopic (exact) mass is 341 g/mol. The first kappa shape index (κ1) is 16.6. The molecule has 0 radical (unpaired) electrons. The molecule has 3 atom stereocenters. The van der Waals surface area contributed by atoms with Crippen LogP contribution in [0.4, 0.5) is 5.82 Å². The van der Waals surface area contributed by atoms with E-state index in [4.69, 9.17) is 9.15 Å². The van der Waals surface area contributed by atoms with Gasteiger partial charge >= 0.3 is 0 Å². The van der Waals surface area contributed by atoms with Crippen LogP contribution in [-0.4, -0.2) is 30.8 Å². The van der Waals surface area contributed by atoms with E-state index in [2.05, 4.69) is 53.3 Å². The second kappa shape index (κ2) is 7.18. The molecule has 4 rings (SSSR count). The van der Waals surface area contributed by atoms with Crippen LogP contribution in [0.3, 0.4) is 0 Å². The van der Waals surface area contributed by atoms with Gasteiger partial charge in [0.25, 0.3) is 0 Å². The van der Waals surface area contributed by atoms with Gasteiger partial charge in [-0.25, -0.2) is 4.98 Å². The Bertz CT molecular complexity index is 697. The lowest BCUT2D eigenvalue weighted by atomic mass is 10.2. The fraction of sp³-hybridized carbons (Fsp3) is 0.550. The molecule has 5 nitrogen and oxygen atoms in total. The van der Waals surface area contributed by atoms with Crippen LogP contribution in [0.15, 0.2) is 34.9 Å². The molecule has 0 bridgehead atoms. The van der Waals surface area contributed by atoms with Gasteiger partial charge in [-0.15, -0.1) is 0 Å². The number of furan rings is 1. The van der Waals surface area contributed by atoms with E-state index in [0.29, 0.717) is 5.92 Å². The third-order valence-electron chi connectivity index (χ3n) is 5.16. The van der Waals surface area contributed by atoms with Gasteiger partial charge in [-0.3, -0.25) is 0 Å². The standard InChI is InChI=1S/C20H27N3O2/c1-14-9-18(14)19-5-4-17(25-19)12-21-10-16-3-6-20(22-11-16)23-7-8-24-15(2)13-23/h3-6,11,14-15,18,21H,7-10,12-13H2,1-2H3. The molecule has 1 N–H and O–H groups in total. The Morgan fingerprint density at radius 3 is 2.80 bits per heavy atom. The lowest BCUT2D eigenvalue weighted by Crippen LogP contribution is -2.41. The fourth-order valence-corrected chi connectivity index (χ4v) is 3.47. The molecule has 0 amide bonds. The quantitative estimate of drug-likeness (QED) is 0.873. The molecular formula is C20H27N3O2. The summed E-state index contributed by atoms with van der Waals surface area (Å²) in [5.74, 6) is 4.63. The zero-order valence-electron chi connectivity index (χ0n) is 15.1. The molecule has 2 fully saturated rings. The smallest absolute Gasteiger partial charge is 0.128 e. The summed E-state index contributed by atoms with van der Waals surface area (Å²) < 4.78 is 11.5. The molecule has 2 aliphatic rings. The third kappa shape index (κ3) is 4.05. The molecule has 2 aromatic rings. The van der Waals surface area contributed by atoms with E-state index in [1.807, 2.05) is 6.20 Å². The van der Waals surface area contributed by atoms with Gasteiger partial charge in [0, 0.05) is 31.7 Å². The SMILES string of the molecule is CC1CN(c2ccc(CNCc3ccc(C4CC4C)o3)cn2)CCO1. The van der Waals surface area contributed by atoms with Crippen LogP contribution in [-0.2, 0) is 17.8 Å². The van der Waals surface area contributed by atoms with E-state index in [-0.39, 0.29) is 6.10 Å². The summed E-state index contributed by atoms with van der Waals surface area (Å²) in [5.41, 5.74) is 1.19. The number of aromatic nitrogens is 1. The van der Waals surface area contributed by atoms with Crippen LogP contribution in [0.5, 0.6) is 0 Å². The molecule has 0 aromatic carbocycles. The summed E-state index contributed by atoms with van der Waals surface area (Å²) >= 11 is 0. The van der Waals surface area contributed by atoms with Crippen molar-refractivity contribution >= 4 is 5.82 Å². The summed E-state index contributed by atoms with van der Waals surface area (Å²) in [6.07, 6.45) is 3.50. The molecule has 25 heavy (non-hydrogen) atoms. The molecular weight excluding hydrogens is 314 g/mol. The number of hydrogen-bond donors (Lipinski definition) is 1. The van der Waals surface area contributed by atoms with Gasteiger partial charge in [0.05, 0.1) is 19.3 Å². The average molecular weight is 341 g/mol. The van der Waals surface area contributed by atoms with Crippen molar-refractivity contribution in [2.24, 2.45) is 5.92 Å². The fourth-order valence-electron chi connectivity index (χ4n) is 3.47. The Morgan fingerprint density at radius 1 is 1.20 bits per heavy atom. The molecule has 1 saturated carbocycles. The van der Waals surface area contributed by atoms with Gasteiger partial charge in [-0.2, -0.15) is 0 Å². The van der Waals surface area contributed by atoms with E-state index >= 15 is 0 Å². The van der Waals surface area contributed by atoms with Gasteiger partial charge in [-0.1, -0.05) is 13.0 Å². The summed E-state index contributed by atoms with van der Waals surface area (Å²) in [6, 6.07) is 8.47. The lowest BCUT2D eigenvalue weighted by molar-refractivity contribution is 0.0529. The maximum atomic E-state index is 5.93. The Hall–Kier alpha value is -1.85. The predicted octanol–water partition coefficient (Wildman–Crippen LogP) is 3.31. The zero-order valence-corrected chi connectivity index (χ0v) is 15.1. The average Bonchev–Trinajstić information content (AvgIpc) is 3.16. The maximum Gasteiger partial charge on any atom is 0.128 e. The second-order valence-electron chi connectivity index (χ2n) is 7.38. The second-order valence-corrected chi connectivity index (χ2v) is 7.38. The minimum atomic E-state index is 0.272. The van der Waals surface area contributed by atoms with E-state index in [1.165, 1.54) is 12.0 Å². The van der Waals surface area contributed by atoms with Gasteiger partial charge in [0.1, 0.15) is 17.3 Å². The van der Waals surface area contributed by atoms with Crippen molar-refractivity contribution in [2.45, 2.75) is 45.4 Å².